The third kappa shape index (κ3) is 4.54. The molecule has 1 rings (SSSR count). The standard InChI is InChI=1S/C11H12ClF3N2O/c12-8-4-7(11(13,14)15)5-9(6-8)17-10(18)2-1-3-16/h4-6H,1-3,16H2,(H,17,18). The molecule has 0 heterocycles. The van der Waals surface area contributed by atoms with Crippen LogP contribution in [0.4, 0.5) is 18.9 Å². The van der Waals surface area contributed by atoms with Crippen LogP contribution in [0.1, 0.15) is 18.4 Å². The molecule has 1 amide bonds. The fraction of sp³-hybridized carbons (Fsp3) is 0.364. The van der Waals surface area contributed by atoms with Gasteiger partial charge in [-0.3, -0.25) is 4.79 Å². The van der Waals surface area contributed by atoms with Crippen LogP contribution in [0, 0.1) is 0 Å². The predicted octanol–water partition coefficient (Wildman–Crippen LogP) is 3.04. The number of alkyl halides is 3. The van der Waals surface area contributed by atoms with Crippen LogP contribution in [0.3, 0.4) is 0 Å². The Balaban J connectivity index is 2.84. The van der Waals surface area contributed by atoms with Crippen LogP contribution in [0.15, 0.2) is 18.2 Å². The van der Waals surface area contributed by atoms with Gasteiger partial charge in [0.25, 0.3) is 0 Å². The molecule has 0 fully saturated rings. The van der Waals surface area contributed by atoms with Crippen molar-refractivity contribution < 1.29 is 18.0 Å². The maximum absolute atomic E-state index is 12.5. The molecule has 0 spiro atoms. The van der Waals surface area contributed by atoms with Gasteiger partial charge in [0, 0.05) is 17.1 Å². The molecule has 0 aliphatic rings. The lowest BCUT2D eigenvalue weighted by Crippen LogP contribution is -2.14. The van der Waals surface area contributed by atoms with Gasteiger partial charge in [0.15, 0.2) is 0 Å². The number of amides is 1. The number of rotatable bonds is 4. The highest BCUT2D eigenvalue weighted by atomic mass is 35.5. The smallest absolute Gasteiger partial charge is 0.330 e. The van der Waals surface area contributed by atoms with Crippen molar-refractivity contribution in [2.75, 3.05) is 11.9 Å². The molecule has 0 saturated carbocycles. The summed E-state index contributed by atoms with van der Waals surface area (Å²) < 4.78 is 37.5. The molecule has 0 aliphatic heterocycles. The van der Waals surface area contributed by atoms with Gasteiger partial charge >= 0.3 is 6.18 Å². The van der Waals surface area contributed by atoms with Crippen LogP contribution in [0.5, 0.6) is 0 Å². The highest BCUT2D eigenvalue weighted by Crippen LogP contribution is 2.33. The summed E-state index contributed by atoms with van der Waals surface area (Å²) in [6.07, 6.45) is -3.87. The van der Waals surface area contributed by atoms with E-state index >= 15 is 0 Å². The Labute approximate surface area is 107 Å². The Kier molecular flexibility index (Phi) is 4.98. The lowest BCUT2D eigenvalue weighted by molar-refractivity contribution is -0.137. The number of nitrogens with two attached hydrogens (primary N) is 1. The number of carbonyl (C=O) groups is 1. The highest BCUT2D eigenvalue weighted by Gasteiger charge is 2.31. The molecule has 18 heavy (non-hydrogen) atoms. The first-order valence-electron chi connectivity index (χ1n) is 5.20. The molecule has 1 aromatic rings. The maximum atomic E-state index is 12.5. The van der Waals surface area contributed by atoms with E-state index in [1.54, 1.807) is 0 Å². The summed E-state index contributed by atoms with van der Waals surface area (Å²) in [6.45, 7) is 0.344. The van der Waals surface area contributed by atoms with E-state index in [1.165, 1.54) is 6.07 Å². The second kappa shape index (κ2) is 6.06. The number of hydrogen-bond donors (Lipinski definition) is 2. The molecular formula is C11H12ClF3N2O. The molecule has 3 nitrogen and oxygen atoms in total. The zero-order valence-corrected chi connectivity index (χ0v) is 10.1. The Morgan fingerprint density at radius 3 is 2.56 bits per heavy atom. The van der Waals surface area contributed by atoms with Crippen molar-refractivity contribution in [3.05, 3.63) is 28.8 Å². The molecule has 0 saturated heterocycles. The summed E-state index contributed by atoms with van der Waals surface area (Å²) in [7, 11) is 0. The van der Waals surface area contributed by atoms with E-state index in [0.29, 0.717) is 13.0 Å². The van der Waals surface area contributed by atoms with Crippen molar-refractivity contribution in [3.63, 3.8) is 0 Å². The molecule has 0 atom stereocenters. The lowest BCUT2D eigenvalue weighted by Gasteiger charge is -2.10. The summed E-state index contributed by atoms with van der Waals surface area (Å²) in [4.78, 5) is 11.4. The molecule has 0 aromatic heterocycles. The van der Waals surface area contributed by atoms with Crippen molar-refractivity contribution in [1.82, 2.24) is 0 Å². The number of hydrogen-bond acceptors (Lipinski definition) is 2. The van der Waals surface area contributed by atoms with Crippen LogP contribution in [0.2, 0.25) is 5.02 Å². The fourth-order valence-electron chi connectivity index (χ4n) is 1.31. The molecule has 3 N–H and O–H groups in total. The summed E-state index contributed by atoms with van der Waals surface area (Å²) in [5.74, 6) is -0.393. The second-order valence-corrected chi connectivity index (χ2v) is 4.10. The summed E-state index contributed by atoms with van der Waals surface area (Å²) in [6, 6.07) is 2.90. The summed E-state index contributed by atoms with van der Waals surface area (Å²) >= 11 is 5.57. The van der Waals surface area contributed by atoms with E-state index in [1.807, 2.05) is 0 Å². The normalized spacial score (nSPS) is 11.4. The van der Waals surface area contributed by atoms with Crippen LogP contribution in [0.25, 0.3) is 0 Å². The molecule has 0 bridgehead atoms. The molecule has 1 aromatic carbocycles. The van der Waals surface area contributed by atoms with Gasteiger partial charge in [-0.05, 0) is 31.2 Å². The molecule has 100 valence electrons. The third-order valence-corrected chi connectivity index (χ3v) is 2.34. The Bertz CT molecular complexity index is 435. The first-order chi connectivity index (χ1) is 8.32. The van der Waals surface area contributed by atoms with Gasteiger partial charge in [-0.2, -0.15) is 13.2 Å². The van der Waals surface area contributed by atoms with Crippen LogP contribution < -0.4 is 11.1 Å². The predicted molar refractivity (Wildman–Crippen MR) is 63.4 cm³/mol. The van der Waals surface area contributed by atoms with Crippen molar-refractivity contribution in [3.8, 4) is 0 Å². The minimum Gasteiger partial charge on any atom is -0.330 e. The van der Waals surface area contributed by atoms with Crippen molar-refractivity contribution in [2.45, 2.75) is 19.0 Å². The van der Waals surface area contributed by atoms with E-state index in [0.717, 1.165) is 12.1 Å². The van der Waals surface area contributed by atoms with E-state index in [-0.39, 0.29) is 17.1 Å². The van der Waals surface area contributed by atoms with Crippen LogP contribution in [-0.2, 0) is 11.0 Å². The van der Waals surface area contributed by atoms with Crippen molar-refractivity contribution in [1.29, 1.82) is 0 Å². The van der Waals surface area contributed by atoms with Crippen LogP contribution >= 0.6 is 11.6 Å². The lowest BCUT2D eigenvalue weighted by atomic mass is 10.2. The molecule has 0 aliphatic carbocycles. The number of nitrogens with one attached hydrogen (secondary N) is 1. The third-order valence-electron chi connectivity index (χ3n) is 2.12. The number of halogens is 4. The summed E-state index contributed by atoms with van der Waals surface area (Å²) in [5, 5.41) is 2.27. The fourth-order valence-corrected chi connectivity index (χ4v) is 1.55. The van der Waals surface area contributed by atoms with Gasteiger partial charge in [0.2, 0.25) is 5.91 Å². The quantitative estimate of drug-likeness (QED) is 0.891. The van der Waals surface area contributed by atoms with E-state index in [4.69, 9.17) is 17.3 Å². The average molecular weight is 281 g/mol. The largest absolute Gasteiger partial charge is 0.416 e. The van der Waals surface area contributed by atoms with Gasteiger partial charge in [0.1, 0.15) is 0 Å². The van der Waals surface area contributed by atoms with Crippen molar-refractivity contribution in [2.24, 2.45) is 5.73 Å². The van der Waals surface area contributed by atoms with E-state index in [9.17, 15) is 18.0 Å². The zero-order valence-electron chi connectivity index (χ0n) is 9.35. The summed E-state index contributed by atoms with van der Waals surface area (Å²) in [5.41, 5.74) is 4.35. The SMILES string of the molecule is NCCCC(=O)Nc1cc(Cl)cc(C(F)(F)F)c1. The highest BCUT2D eigenvalue weighted by molar-refractivity contribution is 6.31. The van der Waals surface area contributed by atoms with E-state index in [2.05, 4.69) is 5.32 Å². The Morgan fingerprint density at radius 1 is 1.33 bits per heavy atom. The Morgan fingerprint density at radius 2 is 2.00 bits per heavy atom. The maximum Gasteiger partial charge on any atom is 0.416 e. The first kappa shape index (κ1) is 14.8. The van der Waals surface area contributed by atoms with Gasteiger partial charge in [-0.25, -0.2) is 0 Å². The minimum atomic E-state index is -4.50. The monoisotopic (exact) mass is 280 g/mol. The number of carbonyl (C=O) groups excluding carboxylic acids is 1. The number of anilines is 1. The molecule has 7 heteroatoms. The van der Waals surface area contributed by atoms with Crippen molar-refractivity contribution >= 4 is 23.2 Å². The van der Waals surface area contributed by atoms with Crippen LogP contribution in [-0.4, -0.2) is 12.5 Å². The van der Waals surface area contributed by atoms with Gasteiger partial charge in [0.05, 0.1) is 5.56 Å². The zero-order chi connectivity index (χ0) is 13.8. The van der Waals surface area contributed by atoms with Gasteiger partial charge in [-0.1, -0.05) is 11.6 Å². The second-order valence-electron chi connectivity index (χ2n) is 3.67. The molecular weight excluding hydrogens is 269 g/mol. The Hall–Kier alpha value is -1.27. The molecule has 0 unspecified atom stereocenters. The minimum absolute atomic E-state index is 0.0249. The van der Waals surface area contributed by atoms with Gasteiger partial charge in [-0.15, -0.1) is 0 Å². The van der Waals surface area contributed by atoms with Gasteiger partial charge < -0.3 is 11.1 Å². The first-order valence-corrected chi connectivity index (χ1v) is 5.58. The molecule has 0 radical (unpaired) electrons. The number of benzene rings is 1. The average Bonchev–Trinajstić information content (AvgIpc) is 2.24. The van der Waals surface area contributed by atoms with E-state index < -0.39 is 17.6 Å². The topological polar surface area (TPSA) is 55.1 Å².